The van der Waals surface area contributed by atoms with Gasteiger partial charge in [0.1, 0.15) is 11.6 Å². The van der Waals surface area contributed by atoms with Crippen LogP contribution in [0.2, 0.25) is 0 Å². The topological polar surface area (TPSA) is 128 Å². The Kier molecular flexibility index (Phi) is 6.15. The van der Waals surface area contributed by atoms with Crippen molar-refractivity contribution in [3.8, 4) is 5.75 Å². The monoisotopic (exact) mass is 471 g/mol. The molecule has 4 rings (SSSR count). The number of esters is 3. The van der Waals surface area contributed by atoms with E-state index < -0.39 is 48.5 Å². The molecule has 3 heterocycles. The molecule has 2 fully saturated rings. The summed E-state index contributed by atoms with van der Waals surface area (Å²) in [5, 5.41) is 10.8. The first kappa shape index (κ1) is 23.5. The third-order valence-corrected chi connectivity index (χ3v) is 5.58. The maximum atomic E-state index is 13.1. The van der Waals surface area contributed by atoms with Crippen molar-refractivity contribution in [2.24, 2.45) is 0 Å². The van der Waals surface area contributed by atoms with Gasteiger partial charge in [0, 0.05) is 6.20 Å². The lowest BCUT2D eigenvalue weighted by molar-refractivity contribution is -0.290. The molecule has 3 atom stereocenters. The van der Waals surface area contributed by atoms with E-state index in [0.717, 1.165) is 5.56 Å². The Bertz CT molecular complexity index is 1080. The number of aliphatic hydroxyl groups is 1. The fourth-order valence-corrected chi connectivity index (χ4v) is 3.93. The Morgan fingerprint density at radius 2 is 1.76 bits per heavy atom. The van der Waals surface area contributed by atoms with Gasteiger partial charge in [-0.1, -0.05) is 18.2 Å². The van der Waals surface area contributed by atoms with Gasteiger partial charge in [0.15, 0.2) is 5.60 Å². The number of carbonyl (C=O) groups is 3. The van der Waals surface area contributed by atoms with Gasteiger partial charge in [-0.2, -0.15) is 0 Å². The van der Waals surface area contributed by atoms with Crippen LogP contribution in [0.4, 0.5) is 5.82 Å². The van der Waals surface area contributed by atoms with Crippen LogP contribution in [0, 0.1) is 0 Å². The van der Waals surface area contributed by atoms with E-state index in [9.17, 15) is 19.5 Å². The summed E-state index contributed by atoms with van der Waals surface area (Å²) in [5.41, 5.74) is -1.69. The molecule has 0 saturated carbocycles. The highest BCUT2D eigenvalue weighted by Gasteiger charge is 2.63. The van der Waals surface area contributed by atoms with Crippen LogP contribution in [-0.2, 0) is 35.1 Å². The summed E-state index contributed by atoms with van der Waals surface area (Å²) in [6.07, 6.45) is -1.37. The zero-order chi connectivity index (χ0) is 24.5. The minimum absolute atomic E-state index is 0.0296. The second kappa shape index (κ2) is 8.92. The van der Waals surface area contributed by atoms with Gasteiger partial charge < -0.3 is 24.1 Å². The van der Waals surface area contributed by atoms with Gasteiger partial charge in [0.05, 0.1) is 26.5 Å². The van der Waals surface area contributed by atoms with Gasteiger partial charge in [-0.25, -0.2) is 9.78 Å². The number of aromatic nitrogens is 1. The summed E-state index contributed by atoms with van der Waals surface area (Å²) >= 11 is 0. The number of rotatable bonds is 6. The van der Waals surface area contributed by atoms with Crippen molar-refractivity contribution in [2.75, 3.05) is 26.1 Å². The third kappa shape index (κ3) is 4.27. The Morgan fingerprint density at radius 1 is 1.06 bits per heavy atom. The zero-order valence-electron chi connectivity index (χ0n) is 19.0. The molecule has 1 aromatic carbocycles. The molecule has 34 heavy (non-hydrogen) atoms. The average Bonchev–Trinajstić information content (AvgIpc) is 2.86. The second-order valence-corrected chi connectivity index (χ2v) is 8.31. The standard InChI is InChI=1S/C23H25N3O8/c1-25(2)20-23(33-19(28)13-22(30,21(29)34-23)12-18(27)32-20)26(17-6-4-5-11-24-17)14-15-7-9-16(31-3)10-8-15/h4-11,20,30H,12-14H2,1-3H3. The molecule has 0 aliphatic carbocycles. The second-order valence-electron chi connectivity index (χ2n) is 8.31. The van der Waals surface area contributed by atoms with Crippen LogP contribution in [0.3, 0.4) is 0 Å². The molecule has 1 N–H and O–H groups in total. The normalized spacial score (nSPS) is 26.6. The van der Waals surface area contributed by atoms with E-state index in [1.165, 1.54) is 16.0 Å². The van der Waals surface area contributed by atoms with E-state index in [-0.39, 0.29) is 12.4 Å². The Morgan fingerprint density at radius 3 is 2.38 bits per heavy atom. The molecular formula is C23H25N3O8. The van der Waals surface area contributed by atoms with E-state index in [1.807, 2.05) is 0 Å². The molecule has 1 aromatic heterocycles. The van der Waals surface area contributed by atoms with Crippen LogP contribution in [-0.4, -0.2) is 71.8 Å². The molecule has 2 aliphatic rings. The van der Waals surface area contributed by atoms with Crippen molar-refractivity contribution >= 4 is 23.7 Å². The van der Waals surface area contributed by atoms with Crippen molar-refractivity contribution in [1.29, 1.82) is 0 Å². The van der Waals surface area contributed by atoms with Crippen LogP contribution in [0.25, 0.3) is 0 Å². The maximum Gasteiger partial charge on any atom is 0.398 e. The summed E-state index contributed by atoms with van der Waals surface area (Å²) in [4.78, 5) is 45.9. The van der Waals surface area contributed by atoms with E-state index in [0.29, 0.717) is 5.75 Å². The van der Waals surface area contributed by atoms with E-state index in [1.54, 1.807) is 63.7 Å². The van der Waals surface area contributed by atoms with Gasteiger partial charge in [-0.3, -0.25) is 19.4 Å². The lowest BCUT2D eigenvalue weighted by Gasteiger charge is -2.47. The van der Waals surface area contributed by atoms with Gasteiger partial charge in [0.2, 0.25) is 0 Å². The fraction of sp³-hybridized carbons (Fsp3) is 0.391. The van der Waals surface area contributed by atoms with Crippen molar-refractivity contribution in [3.05, 3.63) is 54.2 Å². The first-order valence-electron chi connectivity index (χ1n) is 10.5. The van der Waals surface area contributed by atoms with Crippen LogP contribution in [0.5, 0.6) is 5.75 Å². The molecule has 11 nitrogen and oxygen atoms in total. The highest BCUT2D eigenvalue weighted by molar-refractivity contribution is 5.92. The predicted molar refractivity (Wildman–Crippen MR) is 116 cm³/mol. The zero-order valence-corrected chi connectivity index (χ0v) is 19.0. The van der Waals surface area contributed by atoms with E-state index in [2.05, 4.69) is 4.98 Å². The van der Waals surface area contributed by atoms with Crippen molar-refractivity contribution in [1.82, 2.24) is 9.88 Å². The molecule has 11 heteroatoms. The van der Waals surface area contributed by atoms with Gasteiger partial charge >= 0.3 is 23.8 Å². The van der Waals surface area contributed by atoms with Crippen LogP contribution in [0.15, 0.2) is 48.7 Å². The largest absolute Gasteiger partial charge is 0.497 e. The predicted octanol–water partition coefficient (Wildman–Crippen LogP) is 0.806. The lowest BCUT2D eigenvalue weighted by atomic mass is 9.95. The Hall–Kier alpha value is -3.70. The first-order valence-corrected chi connectivity index (χ1v) is 10.5. The van der Waals surface area contributed by atoms with Crippen LogP contribution in [0.1, 0.15) is 18.4 Å². The van der Waals surface area contributed by atoms with Gasteiger partial charge in [0.25, 0.3) is 6.23 Å². The van der Waals surface area contributed by atoms with E-state index >= 15 is 0 Å². The SMILES string of the molecule is COc1ccc(CN(c2ccccn2)C23OC(=O)CC(O)(CC(=O)OC2N(C)C)C(=O)O3)cc1. The number of nitrogens with zero attached hydrogens (tertiary/aromatic N) is 3. The van der Waals surface area contributed by atoms with Crippen LogP contribution < -0.4 is 9.64 Å². The number of carbonyl (C=O) groups excluding carboxylic acids is 3. The number of methoxy groups -OCH3 is 1. The maximum absolute atomic E-state index is 13.1. The molecule has 0 spiro atoms. The summed E-state index contributed by atoms with van der Waals surface area (Å²) < 4.78 is 22.3. The number of ether oxygens (including phenoxy) is 4. The smallest absolute Gasteiger partial charge is 0.398 e. The number of benzene rings is 1. The number of hydrogen-bond acceptors (Lipinski definition) is 11. The van der Waals surface area contributed by atoms with E-state index in [4.69, 9.17) is 18.9 Å². The average molecular weight is 471 g/mol. The number of hydrogen-bond donors (Lipinski definition) is 1. The molecule has 2 aliphatic heterocycles. The summed E-state index contributed by atoms with van der Waals surface area (Å²) in [6, 6.07) is 12.1. The molecular weight excluding hydrogens is 446 g/mol. The molecule has 0 amide bonds. The summed E-state index contributed by atoms with van der Waals surface area (Å²) in [7, 11) is 4.69. The quantitative estimate of drug-likeness (QED) is 0.601. The number of cyclic esters (lactones) is 1. The minimum Gasteiger partial charge on any atom is -0.497 e. The highest BCUT2D eigenvalue weighted by atomic mass is 16.8. The number of fused-ring (bicyclic) bond motifs is 3. The molecule has 0 radical (unpaired) electrons. The summed E-state index contributed by atoms with van der Waals surface area (Å²) in [6.45, 7) is 0.0296. The van der Waals surface area contributed by atoms with Gasteiger partial charge in [-0.15, -0.1) is 0 Å². The van der Waals surface area contributed by atoms with Crippen molar-refractivity contribution in [2.45, 2.75) is 37.1 Å². The first-order chi connectivity index (χ1) is 16.2. The molecule has 2 aromatic rings. The number of pyridine rings is 1. The van der Waals surface area contributed by atoms with Crippen LogP contribution >= 0.6 is 0 Å². The molecule has 2 saturated heterocycles. The molecule has 180 valence electrons. The minimum atomic E-state index is -2.41. The molecule has 2 bridgehead atoms. The van der Waals surface area contributed by atoms with Gasteiger partial charge in [-0.05, 0) is 43.9 Å². The number of anilines is 1. The third-order valence-electron chi connectivity index (χ3n) is 5.58. The highest BCUT2D eigenvalue weighted by Crippen LogP contribution is 2.40. The summed E-state index contributed by atoms with van der Waals surface area (Å²) in [5.74, 6) is -4.37. The Labute approximate surface area is 195 Å². The fourth-order valence-electron chi connectivity index (χ4n) is 3.93. The van der Waals surface area contributed by atoms with Crippen molar-refractivity contribution < 1.29 is 38.4 Å². The Balaban J connectivity index is 1.91. The lowest BCUT2D eigenvalue weighted by Crippen LogP contribution is -2.68. The number of likely N-dealkylation sites (N-methyl/N-ethyl adjacent to an activating group) is 1. The molecule has 3 unspecified atom stereocenters. The van der Waals surface area contributed by atoms with Crippen molar-refractivity contribution in [3.63, 3.8) is 0 Å².